The zero-order valence-corrected chi connectivity index (χ0v) is 13.2. The molecule has 4 nitrogen and oxygen atoms in total. The van der Waals surface area contributed by atoms with Crippen LogP contribution in [0.15, 0.2) is 29.2 Å². The molecule has 1 aromatic carbocycles. The van der Waals surface area contributed by atoms with E-state index in [1.54, 1.807) is 12.1 Å². The van der Waals surface area contributed by atoms with Crippen LogP contribution in [0.1, 0.15) is 39.2 Å². The highest BCUT2D eigenvalue weighted by molar-refractivity contribution is 7.89. The third-order valence-corrected chi connectivity index (χ3v) is 5.04. The Hall–Kier alpha value is -0.910. The van der Waals surface area contributed by atoms with Gasteiger partial charge in [0.15, 0.2) is 0 Å². The summed E-state index contributed by atoms with van der Waals surface area (Å²) in [5, 5.41) is 8.70. The predicted octanol–water partition coefficient (Wildman–Crippen LogP) is 2.25. The van der Waals surface area contributed by atoms with E-state index in [0.29, 0.717) is 23.9 Å². The number of primary sulfonamides is 1. The van der Waals surface area contributed by atoms with E-state index in [4.69, 9.17) is 5.14 Å². The first kappa shape index (κ1) is 15.5. The fourth-order valence-electron chi connectivity index (χ4n) is 3.25. The number of nitrogens with two attached hydrogens (primary N) is 1. The van der Waals surface area contributed by atoms with E-state index in [9.17, 15) is 8.42 Å². The van der Waals surface area contributed by atoms with Crippen LogP contribution >= 0.6 is 0 Å². The molecule has 1 aromatic rings. The molecular formula is C15H24N2O2S. The van der Waals surface area contributed by atoms with Gasteiger partial charge in [-0.15, -0.1) is 0 Å². The van der Waals surface area contributed by atoms with Crippen molar-refractivity contribution in [3.63, 3.8) is 0 Å². The van der Waals surface area contributed by atoms with Crippen LogP contribution in [-0.4, -0.2) is 14.5 Å². The molecule has 0 bridgehead atoms. The summed E-state index contributed by atoms with van der Waals surface area (Å²) < 4.78 is 22.7. The van der Waals surface area contributed by atoms with E-state index in [0.717, 1.165) is 12.0 Å². The Morgan fingerprint density at radius 2 is 2.05 bits per heavy atom. The summed E-state index contributed by atoms with van der Waals surface area (Å²) in [5.74, 6) is 0.645. The maximum Gasteiger partial charge on any atom is 0.238 e. The van der Waals surface area contributed by atoms with Crippen molar-refractivity contribution in [2.75, 3.05) is 0 Å². The Bertz CT molecular complexity index is 581. The van der Waals surface area contributed by atoms with Gasteiger partial charge in [0.1, 0.15) is 0 Å². The minimum atomic E-state index is -3.62. The topological polar surface area (TPSA) is 72.2 Å². The standard InChI is InChI=1S/C15H24N2O2S/c1-11-8-15(2,3)9-14(11)17-10-12-5-4-6-13(7-12)20(16,18)19/h4-7,11,14,17H,8-10H2,1-3H3,(H2,16,18,19). The van der Waals surface area contributed by atoms with Crippen molar-refractivity contribution < 1.29 is 8.42 Å². The number of sulfonamides is 1. The zero-order chi connectivity index (χ0) is 15.0. The van der Waals surface area contributed by atoms with Crippen LogP contribution in [0.3, 0.4) is 0 Å². The summed E-state index contributed by atoms with van der Waals surface area (Å²) >= 11 is 0. The van der Waals surface area contributed by atoms with Crippen molar-refractivity contribution in [3.05, 3.63) is 29.8 Å². The second-order valence-electron chi connectivity index (χ2n) is 6.73. The third kappa shape index (κ3) is 3.81. The minimum Gasteiger partial charge on any atom is -0.310 e. The third-order valence-electron chi connectivity index (χ3n) is 4.13. The van der Waals surface area contributed by atoms with Crippen LogP contribution in [0.5, 0.6) is 0 Å². The Morgan fingerprint density at radius 1 is 1.35 bits per heavy atom. The van der Waals surface area contributed by atoms with Gasteiger partial charge in [-0.25, -0.2) is 13.6 Å². The first-order valence-electron chi connectivity index (χ1n) is 7.02. The van der Waals surface area contributed by atoms with Crippen LogP contribution in [-0.2, 0) is 16.6 Å². The van der Waals surface area contributed by atoms with Crippen LogP contribution in [0, 0.1) is 11.3 Å². The SMILES string of the molecule is CC1CC(C)(C)CC1NCc1cccc(S(N)(=O)=O)c1. The summed E-state index contributed by atoms with van der Waals surface area (Å²) in [6, 6.07) is 7.32. The van der Waals surface area contributed by atoms with Gasteiger partial charge in [0, 0.05) is 12.6 Å². The van der Waals surface area contributed by atoms with Gasteiger partial charge >= 0.3 is 0 Å². The molecule has 5 heteroatoms. The van der Waals surface area contributed by atoms with Crippen molar-refractivity contribution in [2.45, 2.75) is 51.1 Å². The molecule has 1 aliphatic carbocycles. The van der Waals surface area contributed by atoms with Gasteiger partial charge in [-0.1, -0.05) is 32.9 Å². The molecule has 2 rings (SSSR count). The molecule has 3 N–H and O–H groups in total. The zero-order valence-electron chi connectivity index (χ0n) is 12.4. The van der Waals surface area contributed by atoms with E-state index in [1.807, 2.05) is 6.07 Å². The molecule has 0 spiro atoms. The van der Waals surface area contributed by atoms with Gasteiger partial charge in [0.05, 0.1) is 4.90 Å². The van der Waals surface area contributed by atoms with E-state index in [1.165, 1.54) is 12.5 Å². The molecule has 0 aromatic heterocycles. The highest BCUT2D eigenvalue weighted by atomic mass is 32.2. The lowest BCUT2D eigenvalue weighted by atomic mass is 9.91. The van der Waals surface area contributed by atoms with Gasteiger partial charge in [-0.3, -0.25) is 0 Å². The van der Waals surface area contributed by atoms with E-state index in [2.05, 4.69) is 26.1 Å². The lowest BCUT2D eigenvalue weighted by molar-refractivity contribution is 0.362. The maximum atomic E-state index is 11.3. The Morgan fingerprint density at radius 3 is 2.60 bits per heavy atom. The first-order valence-corrected chi connectivity index (χ1v) is 8.57. The number of nitrogens with one attached hydrogen (secondary N) is 1. The maximum absolute atomic E-state index is 11.3. The summed E-state index contributed by atoms with van der Waals surface area (Å²) in [7, 11) is -3.62. The molecule has 2 atom stereocenters. The van der Waals surface area contributed by atoms with Crippen molar-refractivity contribution in [1.29, 1.82) is 0 Å². The summed E-state index contributed by atoms with van der Waals surface area (Å²) in [6.45, 7) is 7.54. The highest BCUT2D eigenvalue weighted by Gasteiger charge is 2.36. The van der Waals surface area contributed by atoms with Crippen molar-refractivity contribution in [3.8, 4) is 0 Å². The van der Waals surface area contributed by atoms with Crippen LogP contribution in [0.2, 0.25) is 0 Å². The Balaban J connectivity index is 2.02. The second kappa shape index (κ2) is 5.47. The van der Waals surface area contributed by atoms with Gasteiger partial charge in [0.2, 0.25) is 10.0 Å². The highest BCUT2D eigenvalue weighted by Crippen LogP contribution is 2.40. The molecule has 1 fully saturated rings. The Kier molecular flexibility index (Phi) is 4.23. The quantitative estimate of drug-likeness (QED) is 0.895. The van der Waals surface area contributed by atoms with Crippen LogP contribution < -0.4 is 10.5 Å². The molecule has 1 aliphatic rings. The van der Waals surface area contributed by atoms with E-state index < -0.39 is 10.0 Å². The lowest BCUT2D eigenvalue weighted by Gasteiger charge is -2.18. The predicted molar refractivity (Wildman–Crippen MR) is 80.6 cm³/mol. The van der Waals surface area contributed by atoms with Gasteiger partial charge in [-0.2, -0.15) is 0 Å². The number of benzene rings is 1. The monoisotopic (exact) mass is 296 g/mol. The molecule has 2 unspecified atom stereocenters. The molecular weight excluding hydrogens is 272 g/mol. The van der Waals surface area contributed by atoms with E-state index >= 15 is 0 Å². The molecule has 0 radical (unpaired) electrons. The number of rotatable bonds is 4. The molecule has 0 saturated heterocycles. The fraction of sp³-hybridized carbons (Fsp3) is 0.600. The molecule has 112 valence electrons. The lowest BCUT2D eigenvalue weighted by Crippen LogP contribution is -2.31. The summed E-state index contributed by atoms with van der Waals surface area (Å²) in [5.41, 5.74) is 1.34. The average Bonchev–Trinajstić information content (AvgIpc) is 2.59. The Labute approximate surface area is 121 Å². The normalized spacial score (nSPS) is 25.8. The second-order valence-corrected chi connectivity index (χ2v) is 8.29. The smallest absolute Gasteiger partial charge is 0.238 e. The molecule has 1 saturated carbocycles. The van der Waals surface area contributed by atoms with Crippen LogP contribution in [0.4, 0.5) is 0 Å². The van der Waals surface area contributed by atoms with Crippen molar-refractivity contribution in [2.24, 2.45) is 16.5 Å². The number of hydrogen-bond acceptors (Lipinski definition) is 3. The van der Waals surface area contributed by atoms with Crippen molar-refractivity contribution >= 4 is 10.0 Å². The van der Waals surface area contributed by atoms with Gasteiger partial charge in [0.25, 0.3) is 0 Å². The average molecular weight is 296 g/mol. The summed E-state index contributed by atoms with van der Waals surface area (Å²) in [4.78, 5) is 0.177. The number of hydrogen-bond donors (Lipinski definition) is 2. The van der Waals surface area contributed by atoms with E-state index in [-0.39, 0.29) is 4.90 Å². The minimum absolute atomic E-state index is 0.177. The van der Waals surface area contributed by atoms with Crippen LogP contribution in [0.25, 0.3) is 0 Å². The van der Waals surface area contributed by atoms with Crippen molar-refractivity contribution in [1.82, 2.24) is 5.32 Å². The van der Waals surface area contributed by atoms with Gasteiger partial charge in [-0.05, 0) is 41.9 Å². The fourth-order valence-corrected chi connectivity index (χ4v) is 3.83. The largest absolute Gasteiger partial charge is 0.310 e. The molecule has 0 amide bonds. The first-order chi connectivity index (χ1) is 9.17. The molecule has 0 heterocycles. The molecule has 20 heavy (non-hydrogen) atoms. The summed E-state index contributed by atoms with van der Waals surface area (Å²) in [6.07, 6.45) is 2.38. The van der Waals surface area contributed by atoms with Gasteiger partial charge < -0.3 is 5.32 Å². The molecule has 0 aliphatic heterocycles.